The number of para-hydroxylation sites is 1. The number of fused-ring (bicyclic) bond motifs is 1. The van der Waals surface area contributed by atoms with E-state index in [1.165, 1.54) is 12.1 Å². The fourth-order valence-electron chi connectivity index (χ4n) is 2.13. The van der Waals surface area contributed by atoms with Crippen LogP contribution in [-0.4, -0.2) is 12.0 Å². The van der Waals surface area contributed by atoms with Crippen LogP contribution in [0.2, 0.25) is 0 Å². The van der Waals surface area contributed by atoms with Gasteiger partial charge < -0.3 is 10.1 Å². The summed E-state index contributed by atoms with van der Waals surface area (Å²) in [6, 6.07) is 11.8. The molecule has 0 spiro atoms. The summed E-state index contributed by atoms with van der Waals surface area (Å²) in [4.78, 5) is 12.2. The van der Waals surface area contributed by atoms with Crippen LogP contribution >= 0.6 is 22.6 Å². The first-order valence-corrected chi connectivity index (χ1v) is 7.22. The Morgan fingerprint density at radius 2 is 2.10 bits per heavy atom. The highest BCUT2D eigenvalue weighted by Gasteiger charge is 2.29. The summed E-state index contributed by atoms with van der Waals surface area (Å²) >= 11 is 1.99. The molecule has 1 heterocycles. The molecule has 0 saturated carbocycles. The van der Waals surface area contributed by atoms with Crippen molar-refractivity contribution in [3.05, 3.63) is 57.4 Å². The van der Waals surface area contributed by atoms with Crippen LogP contribution in [0.1, 0.15) is 5.56 Å². The number of carbonyl (C=O) groups is 1. The fraction of sp³-hybridized carbons (Fsp3) is 0.133. The van der Waals surface area contributed by atoms with Gasteiger partial charge in [0, 0.05) is 9.99 Å². The van der Waals surface area contributed by atoms with Crippen molar-refractivity contribution in [2.24, 2.45) is 0 Å². The van der Waals surface area contributed by atoms with Crippen molar-refractivity contribution in [3.63, 3.8) is 0 Å². The van der Waals surface area contributed by atoms with Gasteiger partial charge in [-0.3, -0.25) is 4.79 Å². The molecule has 0 aromatic heterocycles. The van der Waals surface area contributed by atoms with Crippen LogP contribution in [0.25, 0.3) is 0 Å². The van der Waals surface area contributed by atoms with Crippen LogP contribution in [0, 0.1) is 9.39 Å². The van der Waals surface area contributed by atoms with Gasteiger partial charge in [-0.2, -0.15) is 0 Å². The Hall–Kier alpha value is -1.63. The smallest absolute Gasteiger partial charge is 0.265 e. The third kappa shape index (κ3) is 2.63. The molecule has 0 saturated heterocycles. The van der Waals surface area contributed by atoms with Crippen LogP contribution in [-0.2, 0) is 11.2 Å². The van der Waals surface area contributed by atoms with E-state index >= 15 is 0 Å². The molecule has 1 N–H and O–H groups in total. The van der Waals surface area contributed by atoms with E-state index in [1.807, 2.05) is 46.9 Å². The molecule has 1 aliphatic heterocycles. The molecule has 102 valence electrons. The van der Waals surface area contributed by atoms with E-state index in [0.29, 0.717) is 15.7 Å². The Morgan fingerprint density at radius 3 is 2.85 bits per heavy atom. The minimum atomic E-state index is -0.534. The Bertz CT molecular complexity index is 650. The highest BCUT2D eigenvalue weighted by atomic mass is 127. The van der Waals surface area contributed by atoms with Gasteiger partial charge in [-0.1, -0.05) is 18.2 Å². The summed E-state index contributed by atoms with van der Waals surface area (Å²) in [6.45, 7) is 0. The number of amides is 1. The first-order chi connectivity index (χ1) is 9.63. The molecule has 0 radical (unpaired) electrons. The van der Waals surface area contributed by atoms with Crippen molar-refractivity contribution in [3.8, 4) is 5.75 Å². The maximum Gasteiger partial charge on any atom is 0.265 e. The standard InChI is InChI=1S/C15H11FINO2/c16-10-5-6-12(11(17)8-10)18-15(19)14-7-9-3-1-2-4-13(9)20-14/h1-6,8,14H,7H2,(H,18,19). The molecule has 3 nitrogen and oxygen atoms in total. The van der Waals surface area contributed by atoms with Crippen molar-refractivity contribution >= 4 is 34.2 Å². The topological polar surface area (TPSA) is 38.3 Å². The summed E-state index contributed by atoms with van der Waals surface area (Å²) in [5.41, 5.74) is 1.62. The van der Waals surface area contributed by atoms with Crippen LogP contribution < -0.4 is 10.1 Å². The van der Waals surface area contributed by atoms with Gasteiger partial charge in [0.15, 0.2) is 6.10 Å². The largest absolute Gasteiger partial charge is 0.480 e. The number of hydrogen-bond acceptors (Lipinski definition) is 2. The number of rotatable bonds is 2. The second-order valence-electron chi connectivity index (χ2n) is 4.53. The van der Waals surface area contributed by atoms with E-state index in [-0.39, 0.29) is 11.7 Å². The van der Waals surface area contributed by atoms with Crippen LogP contribution in [0.15, 0.2) is 42.5 Å². The summed E-state index contributed by atoms with van der Waals surface area (Å²) < 4.78 is 19.3. The maximum absolute atomic E-state index is 13.0. The molecule has 2 aromatic carbocycles. The average molecular weight is 383 g/mol. The zero-order valence-electron chi connectivity index (χ0n) is 10.4. The molecular formula is C15H11FINO2. The number of ether oxygens (including phenoxy) is 1. The summed E-state index contributed by atoms with van der Waals surface area (Å²) in [7, 11) is 0. The van der Waals surface area contributed by atoms with Crippen molar-refractivity contribution in [2.75, 3.05) is 5.32 Å². The van der Waals surface area contributed by atoms with Gasteiger partial charge >= 0.3 is 0 Å². The Labute approximate surface area is 129 Å². The van der Waals surface area contributed by atoms with Gasteiger partial charge in [-0.15, -0.1) is 0 Å². The SMILES string of the molecule is O=C(Nc1ccc(F)cc1I)C1Cc2ccccc2O1. The number of halogens is 2. The lowest BCUT2D eigenvalue weighted by atomic mass is 10.1. The first-order valence-electron chi connectivity index (χ1n) is 6.14. The fourth-order valence-corrected chi connectivity index (χ4v) is 2.74. The lowest BCUT2D eigenvalue weighted by Gasteiger charge is -2.12. The number of carbonyl (C=O) groups excluding carboxylic acids is 1. The van der Waals surface area contributed by atoms with E-state index in [1.54, 1.807) is 6.07 Å². The van der Waals surface area contributed by atoms with Gasteiger partial charge in [0.05, 0.1) is 5.69 Å². The van der Waals surface area contributed by atoms with E-state index < -0.39 is 6.10 Å². The van der Waals surface area contributed by atoms with Gasteiger partial charge in [-0.05, 0) is 52.4 Å². The van der Waals surface area contributed by atoms with Gasteiger partial charge in [0.2, 0.25) is 0 Å². The van der Waals surface area contributed by atoms with Crippen molar-refractivity contribution < 1.29 is 13.9 Å². The van der Waals surface area contributed by atoms with Gasteiger partial charge in [0.1, 0.15) is 11.6 Å². The maximum atomic E-state index is 13.0. The normalized spacial score (nSPS) is 16.4. The molecule has 0 fully saturated rings. The monoisotopic (exact) mass is 383 g/mol. The number of nitrogens with one attached hydrogen (secondary N) is 1. The van der Waals surface area contributed by atoms with Crippen molar-refractivity contribution in [1.82, 2.24) is 0 Å². The predicted molar refractivity (Wildman–Crippen MR) is 82.3 cm³/mol. The van der Waals surface area contributed by atoms with Crippen LogP contribution in [0.3, 0.4) is 0 Å². The molecule has 1 unspecified atom stereocenters. The zero-order valence-corrected chi connectivity index (χ0v) is 12.6. The molecule has 5 heteroatoms. The Morgan fingerprint density at radius 1 is 1.30 bits per heavy atom. The van der Waals surface area contributed by atoms with Crippen LogP contribution in [0.4, 0.5) is 10.1 Å². The second-order valence-corrected chi connectivity index (χ2v) is 5.69. The number of hydrogen-bond donors (Lipinski definition) is 1. The van der Waals surface area contributed by atoms with E-state index in [9.17, 15) is 9.18 Å². The van der Waals surface area contributed by atoms with E-state index in [2.05, 4.69) is 5.32 Å². The highest BCUT2D eigenvalue weighted by molar-refractivity contribution is 14.1. The third-order valence-corrected chi connectivity index (χ3v) is 4.02. The van der Waals surface area contributed by atoms with Crippen molar-refractivity contribution in [2.45, 2.75) is 12.5 Å². The Kier molecular flexibility index (Phi) is 3.60. The second kappa shape index (κ2) is 5.40. The van der Waals surface area contributed by atoms with E-state index in [0.717, 1.165) is 11.3 Å². The van der Waals surface area contributed by atoms with Crippen molar-refractivity contribution in [1.29, 1.82) is 0 Å². The Balaban J connectivity index is 1.72. The molecule has 2 aromatic rings. The molecule has 3 rings (SSSR count). The summed E-state index contributed by atoms with van der Waals surface area (Å²) in [6.07, 6.45) is 0.0213. The zero-order chi connectivity index (χ0) is 14.1. The average Bonchev–Trinajstić information content (AvgIpc) is 2.86. The van der Waals surface area contributed by atoms with Gasteiger partial charge in [-0.25, -0.2) is 4.39 Å². The minimum Gasteiger partial charge on any atom is -0.480 e. The molecule has 1 aliphatic rings. The molecule has 20 heavy (non-hydrogen) atoms. The third-order valence-electron chi connectivity index (χ3n) is 3.13. The number of anilines is 1. The molecular weight excluding hydrogens is 372 g/mol. The molecule has 0 aliphatic carbocycles. The first kappa shape index (κ1) is 13.4. The molecule has 1 amide bonds. The highest BCUT2D eigenvalue weighted by Crippen LogP contribution is 2.29. The quantitative estimate of drug-likeness (QED) is 0.808. The predicted octanol–water partition coefficient (Wildman–Crippen LogP) is 3.37. The number of benzene rings is 2. The summed E-state index contributed by atoms with van der Waals surface area (Å²) in [5, 5.41) is 2.78. The lowest BCUT2D eigenvalue weighted by Crippen LogP contribution is -2.31. The van der Waals surface area contributed by atoms with E-state index in [4.69, 9.17) is 4.74 Å². The van der Waals surface area contributed by atoms with Gasteiger partial charge in [0.25, 0.3) is 5.91 Å². The summed E-state index contributed by atoms with van der Waals surface area (Å²) in [5.74, 6) is 0.212. The molecule has 0 bridgehead atoms. The lowest BCUT2D eigenvalue weighted by molar-refractivity contribution is -0.122. The molecule has 1 atom stereocenters. The van der Waals surface area contributed by atoms with Crippen LogP contribution in [0.5, 0.6) is 5.75 Å². The minimum absolute atomic E-state index is 0.217.